The standard InChI is InChI=1S/C14H20ClNOS/c1-10(7-11-3-4-11)16-13-5-6-14(15)12(8-13)9-18(2)17/h5-6,8,10-11,16H,3-4,7,9H2,1-2H3/t10-,18-/m0/s1. The molecule has 1 N–H and O–H groups in total. The van der Waals surface area contributed by atoms with Gasteiger partial charge >= 0.3 is 0 Å². The fourth-order valence-electron chi connectivity index (χ4n) is 2.19. The van der Waals surface area contributed by atoms with Crippen molar-refractivity contribution in [2.24, 2.45) is 5.92 Å². The zero-order valence-corrected chi connectivity index (χ0v) is 12.5. The van der Waals surface area contributed by atoms with Crippen LogP contribution in [-0.2, 0) is 16.6 Å². The summed E-state index contributed by atoms with van der Waals surface area (Å²) in [7, 11) is -0.859. The molecule has 100 valence electrons. The molecular weight excluding hydrogens is 266 g/mol. The molecule has 0 spiro atoms. The highest BCUT2D eigenvalue weighted by Crippen LogP contribution is 2.34. The van der Waals surface area contributed by atoms with E-state index in [0.717, 1.165) is 17.2 Å². The molecule has 0 unspecified atom stereocenters. The Morgan fingerprint density at radius 3 is 2.83 bits per heavy atom. The van der Waals surface area contributed by atoms with Crippen molar-refractivity contribution in [2.75, 3.05) is 11.6 Å². The van der Waals surface area contributed by atoms with E-state index in [-0.39, 0.29) is 0 Å². The van der Waals surface area contributed by atoms with Gasteiger partial charge in [-0.05, 0) is 43.0 Å². The number of hydrogen-bond donors (Lipinski definition) is 1. The lowest BCUT2D eigenvalue weighted by Gasteiger charge is -2.16. The average molecular weight is 286 g/mol. The van der Waals surface area contributed by atoms with Crippen LogP contribution in [0.15, 0.2) is 18.2 Å². The van der Waals surface area contributed by atoms with Gasteiger partial charge in [0, 0.05) is 39.6 Å². The normalized spacial score (nSPS) is 18.4. The molecule has 4 heteroatoms. The third-order valence-electron chi connectivity index (χ3n) is 3.20. The van der Waals surface area contributed by atoms with Gasteiger partial charge in [0.25, 0.3) is 0 Å². The number of nitrogens with one attached hydrogen (secondary N) is 1. The van der Waals surface area contributed by atoms with E-state index in [1.165, 1.54) is 19.3 Å². The maximum absolute atomic E-state index is 11.3. The Morgan fingerprint density at radius 2 is 2.22 bits per heavy atom. The molecule has 1 aliphatic rings. The van der Waals surface area contributed by atoms with Gasteiger partial charge in [-0.3, -0.25) is 4.21 Å². The summed E-state index contributed by atoms with van der Waals surface area (Å²) in [4.78, 5) is 0. The van der Waals surface area contributed by atoms with Crippen molar-refractivity contribution in [1.29, 1.82) is 0 Å². The van der Waals surface area contributed by atoms with Crippen LogP contribution in [0.3, 0.4) is 0 Å². The number of halogens is 1. The van der Waals surface area contributed by atoms with Crippen LogP contribution in [0.4, 0.5) is 5.69 Å². The molecule has 2 nitrogen and oxygen atoms in total. The molecule has 18 heavy (non-hydrogen) atoms. The summed E-state index contributed by atoms with van der Waals surface area (Å²) in [6.07, 6.45) is 5.70. The molecule has 1 aromatic carbocycles. The summed E-state index contributed by atoms with van der Waals surface area (Å²) in [5.74, 6) is 1.44. The smallest absolute Gasteiger partial charge is 0.0498 e. The summed E-state index contributed by atoms with van der Waals surface area (Å²) in [5, 5.41) is 4.20. The van der Waals surface area contributed by atoms with E-state index in [2.05, 4.69) is 12.2 Å². The van der Waals surface area contributed by atoms with Crippen molar-refractivity contribution < 1.29 is 4.21 Å². The molecule has 1 fully saturated rings. The lowest BCUT2D eigenvalue weighted by molar-refractivity contribution is 0.642. The van der Waals surface area contributed by atoms with Crippen molar-refractivity contribution in [1.82, 2.24) is 0 Å². The van der Waals surface area contributed by atoms with Crippen molar-refractivity contribution in [3.8, 4) is 0 Å². The van der Waals surface area contributed by atoms with Crippen LogP contribution >= 0.6 is 11.6 Å². The monoisotopic (exact) mass is 285 g/mol. The summed E-state index contributed by atoms with van der Waals surface area (Å²) in [6.45, 7) is 2.21. The van der Waals surface area contributed by atoms with Gasteiger partial charge in [-0.1, -0.05) is 24.4 Å². The fourth-order valence-corrected chi connectivity index (χ4v) is 3.13. The molecule has 1 saturated carbocycles. The van der Waals surface area contributed by atoms with Crippen molar-refractivity contribution in [3.63, 3.8) is 0 Å². The SMILES string of the molecule is C[C@@H](CC1CC1)Nc1ccc(Cl)c(C[S@](C)=O)c1. The van der Waals surface area contributed by atoms with E-state index >= 15 is 0 Å². The van der Waals surface area contributed by atoms with Gasteiger partial charge in [0.2, 0.25) is 0 Å². The van der Waals surface area contributed by atoms with Crippen LogP contribution in [0.25, 0.3) is 0 Å². The predicted octanol–water partition coefficient (Wildman–Crippen LogP) is 3.82. The van der Waals surface area contributed by atoms with E-state index in [1.54, 1.807) is 6.26 Å². The second kappa shape index (κ2) is 6.07. The Morgan fingerprint density at radius 1 is 1.50 bits per heavy atom. The fraction of sp³-hybridized carbons (Fsp3) is 0.571. The van der Waals surface area contributed by atoms with Crippen LogP contribution in [-0.4, -0.2) is 16.5 Å². The van der Waals surface area contributed by atoms with Gasteiger partial charge in [0.05, 0.1) is 0 Å². The summed E-state index contributed by atoms with van der Waals surface area (Å²) in [5.41, 5.74) is 2.04. The van der Waals surface area contributed by atoms with Gasteiger partial charge in [-0.25, -0.2) is 0 Å². The summed E-state index contributed by atoms with van der Waals surface area (Å²) in [6, 6.07) is 6.38. The quantitative estimate of drug-likeness (QED) is 0.861. The van der Waals surface area contributed by atoms with E-state index in [4.69, 9.17) is 11.6 Å². The largest absolute Gasteiger partial charge is 0.383 e. The van der Waals surface area contributed by atoms with Gasteiger partial charge in [-0.15, -0.1) is 0 Å². The lowest BCUT2D eigenvalue weighted by atomic mass is 10.1. The van der Waals surface area contributed by atoms with E-state index in [1.807, 2.05) is 18.2 Å². The zero-order valence-electron chi connectivity index (χ0n) is 10.9. The third-order valence-corrected chi connectivity index (χ3v) is 4.29. The molecule has 1 aliphatic carbocycles. The molecule has 2 rings (SSSR count). The minimum Gasteiger partial charge on any atom is -0.383 e. The Bertz CT molecular complexity index is 445. The highest BCUT2D eigenvalue weighted by atomic mass is 35.5. The van der Waals surface area contributed by atoms with E-state index < -0.39 is 10.8 Å². The van der Waals surface area contributed by atoms with Crippen LogP contribution in [0.1, 0.15) is 31.7 Å². The van der Waals surface area contributed by atoms with Crippen LogP contribution in [0.2, 0.25) is 5.02 Å². The first-order chi connectivity index (χ1) is 8.54. The molecule has 1 aromatic rings. The molecule has 0 bridgehead atoms. The molecule has 2 atom stereocenters. The summed E-state index contributed by atoms with van der Waals surface area (Å²) < 4.78 is 11.3. The van der Waals surface area contributed by atoms with Crippen LogP contribution < -0.4 is 5.32 Å². The van der Waals surface area contributed by atoms with Gasteiger partial charge in [0.1, 0.15) is 0 Å². The minimum atomic E-state index is -0.859. The Hall–Kier alpha value is -0.540. The molecule has 0 amide bonds. The first-order valence-electron chi connectivity index (χ1n) is 6.39. The van der Waals surface area contributed by atoms with Gasteiger partial charge < -0.3 is 5.32 Å². The van der Waals surface area contributed by atoms with Crippen molar-refractivity contribution >= 4 is 28.1 Å². The molecule has 0 aliphatic heterocycles. The number of benzene rings is 1. The first-order valence-corrected chi connectivity index (χ1v) is 8.50. The van der Waals surface area contributed by atoms with Crippen molar-refractivity contribution in [2.45, 2.75) is 38.0 Å². The topological polar surface area (TPSA) is 29.1 Å². The first kappa shape index (κ1) is 13.9. The van der Waals surface area contributed by atoms with Crippen molar-refractivity contribution in [3.05, 3.63) is 28.8 Å². The second-order valence-electron chi connectivity index (χ2n) is 5.25. The second-order valence-corrected chi connectivity index (χ2v) is 7.09. The maximum Gasteiger partial charge on any atom is 0.0498 e. The van der Waals surface area contributed by atoms with Crippen LogP contribution in [0.5, 0.6) is 0 Å². The Kier molecular flexibility index (Phi) is 4.68. The molecule has 0 heterocycles. The number of rotatable bonds is 6. The summed E-state index contributed by atoms with van der Waals surface area (Å²) >= 11 is 6.11. The predicted molar refractivity (Wildman–Crippen MR) is 79.6 cm³/mol. The highest BCUT2D eigenvalue weighted by molar-refractivity contribution is 7.83. The molecule has 0 radical (unpaired) electrons. The van der Waals surface area contributed by atoms with E-state index in [0.29, 0.717) is 16.8 Å². The molecule has 0 saturated heterocycles. The van der Waals surface area contributed by atoms with Gasteiger partial charge in [0.15, 0.2) is 0 Å². The van der Waals surface area contributed by atoms with Gasteiger partial charge in [-0.2, -0.15) is 0 Å². The van der Waals surface area contributed by atoms with Crippen LogP contribution in [0, 0.1) is 5.92 Å². The lowest BCUT2D eigenvalue weighted by Crippen LogP contribution is -2.15. The average Bonchev–Trinajstić information content (AvgIpc) is 3.06. The van der Waals surface area contributed by atoms with E-state index in [9.17, 15) is 4.21 Å². The Balaban J connectivity index is 2.00. The number of hydrogen-bond acceptors (Lipinski definition) is 2. The molecule has 0 aromatic heterocycles. The third kappa shape index (κ3) is 4.29. The number of anilines is 1. The molecular formula is C14H20ClNOS. The highest BCUT2D eigenvalue weighted by Gasteiger charge is 2.23. The maximum atomic E-state index is 11.3. The Labute approximate surface area is 117 Å². The zero-order chi connectivity index (χ0) is 13.1. The minimum absolute atomic E-state index is 0.485.